The highest BCUT2D eigenvalue weighted by Crippen LogP contribution is 2.60. The highest BCUT2D eigenvalue weighted by atomic mass is 127. The smallest absolute Gasteiger partial charge is 0.521 e. The quantitative estimate of drug-likeness (QED) is 0.0445. The van der Waals surface area contributed by atoms with Crippen molar-refractivity contribution in [3.05, 3.63) is 107 Å². The van der Waals surface area contributed by atoms with E-state index in [0.29, 0.717) is 23.3 Å². The van der Waals surface area contributed by atoms with Crippen LogP contribution in [0.2, 0.25) is 0 Å². The van der Waals surface area contributed by atoms with Crippen LogP contribution in [-0.4, -0.2) is 110 Å². The van der Waals surface area contributed by atoms with E-state index in [2.05, 4.69) is 97.9 Å². The molecule has 73 heavy (non-hydrogen) atoms. The Hall–Kier alpha value is -3.78. The fraction of sp³-hybridized carbons (Fsp3) is 0.510. The van der Waals surface area contributed by atoms with Crippen molar-refractivity contribution < 1.29 is 70.2 Å². The van der Waals surface area contributed by atoms with E-state index in [-0.39, 0.29) is 63.3 Å². The lowest BCUT2D eigenvalue weighted by atomic mass is 9.93. The Morgan fingerprint density at radius 1 is 0.644 bits per heavy atom. The number of hydrogen-bond donors (Lipinski definition) is 2. The zero-order chi connectivity index (χ0) is 50.8. The Kier molecular flexibility index (Phi) is 20.5. The average molecular weight is 1280 g/mol. The van der Waals surface area contributed by atoms with Crippen molar-refractivity contribution in [2.24, 2.45) is 11.8 Å². The van der Waals surface area contributed by atoms with Gasteiger partial charge in [-0.15, -0.1) is 24.0 Å². The van der Waals surface area contributed by atoms with Crippen molar-refractivity contribution in [1.82, 2.24) is 29.6 Å². The number of carbonyl (C=O) groups excluding carboxylic acids is 2. The monoisotopic (exact) mass is 1280 g/mol. The minimum absolute atomic E-state index is 0. The summed E-state index contributed by atoms with van der Waals surface area (Å²) in [6.07, 6.45) is 15.0. The van der Waals surface area contributed by atoms with Crippen LogP contribution in [0, 0.1) is 11.8 Å². The van der Waals surface area contributed by atoms with Gasteiger partial charge in [0, 0.05) is 61.9 Å². The highest BCUT2D eigenvalue weighted by molar-refractivity contribution is 14.1. The molecule has 4 fully saturated rings. The maximum Gasteiger partial charge on any atom is 0.521 e. The number of benzene rings is 2. The lowest BCUT2D eigenvalue weighted by Gasteiger charge is -2.33. The van der Waals surface area contributed by atoms with E-state index in [1.807, 2.05) is 41.6 Å². The van der Waals surface area contributed by atoms with Gasteiger partial charge in [-0.2, -0.15) is 0 Å². The van der Waals surface area contributed by atoms with E-state index in [1.165, 1.54) is 25.7 Å². The van der Waals surface area contributed by atoms with Gasteiger partial charge < -0.3 is 38.5 Å². The number of fused-ring (bicyclic) bond motifs is 6. The lowest BCUT2D eigenvalue weighted by Crippen LogP contribution is -2.38. The minimum Gasteiger partial charge on any atom is -0.565 e. The zero-order valence-electron chi connectivity index (χ0n) is 40.4. The molecule has 4 aromatic rings. The van der Waals surface area contributed by atoms with Crippen molar-refractivity contribution in [3.63, 3.8) is 0 Å². The Morgan fingerprint density at radius 3 is 1.29 bits per heavy atom. The molecule has 2 unspecified atom stereocenters. The normalized spacial score (nSPS) is 19.7. The van der Waals surface area contributed by atoms with Gasteiger partial charge in [0.25, 0.3) is 11.8 Å². The molecule has 8 aliphatic rings. The number of piperidine rings is 2. The standard InChI is InChI=1S/2C24H27N3O3.CH3I.HI.2HO4P.2H2/c2*28-23-19-13-21-22(30-16-29-21)14-20(19)24(7-8-24)27(23)12-6-17-4-10-26(11-5-17)15-18-3-1-2-9-25-18;1-2;;2*1-4-5(2)3;;/h2*1-3,9,13-14,17H,4-8,10-12,15-16H2;1H3;1H;2*1H;2*1H. The maximum atomic E-state index is 13.2. The van der Waals surface area contributed by atoms with Gasteiger partial charge in [-0.3, -0.25) is 29.4 Å². The first-order valence-electron chi connectivity index (χ1n) is 24.1. The molecule has 6 aliphatic heterocycles. The van der Waals surface area contributed by atoms with Crippen molar-refractivity contribution in [3.8, 4) is 23.0 Å². The molecule has 0 radical (unpaired) electrons. The van der Waals surface area contributed by atoms with Crippen molar-refractivity contribution in [2.75, 3.05) is 57.8 Å². The molecular formula is C49H64I2N6O14P2. The van der Waals surface area contributed by atoms with E-state index in [1.54, 1.807) is 0 Å². The highest BCUT2D eigenvalue weighted by Gasteiger charge is 2.59. The molecule has 2 atom stereocenters. The Bertz CT molecular complexity index is 2380. The summed E-state index contributed by atoms with van der Waals surface area (Å²) in [4.78, 5) is 64.4. The summed E-state index contributed by atoms with van der Waals surface area (Å²) in [5.41, 5.74) is 6.09. The molecule has 20 nitrogen and oxygen atoms in total. The van der Waals surface area contributed by atoms with Crippen molar-refractivity contribution in [1.29, 1.82) is 0 Å². The number of pyridine rings is 2. The number of carbonyl (C=O) groups is 2. The summed E-state index contributed by atoms with van der Waals surface area (Å²) >= 11 is 2.15. The van der Waals surface area contributed by atoms with Gasteiger partial charge in [-0.25, -0.2) is 10.5 Å². The van der Waals surface area contributed by atoms with Gasteiger partial charge in [0.05, 0.1) is 22.5 Å². The topological polar surface area (TPSA) is 249 Å². The molecule has 2 spiro atoms. The largest absolute Gasteiger partial charge is 0.565 e. The number of alkyl halides is 1. The number of likely N-dealkylation sites (tertiary alicyclic amines) is 2. The molecule has 2 saturated heterocycles. The number of aromatic nitrogens is 2. The van der Waals surface area contributed by atoms with Gasteiger partial charge in [0.2, 0.25) is 13.6 Å². The molecular weight excluding hydrogens is 1210 g/mol. The molecule has 2 saturated carbocycles. The van der Waals surface area contributed by atoms with Gasteiger partial charge in [-0.05, 0) is 176 Å². The molecule has 2 aromatic carbocycles. The Balaban J connectivity index is 0.000000222. The van der Waals surface area contributed by atoms with Crippen LogP contribution in [0.5, 0.6) is 23.0 Å². The molecule has 398 valence electrons. The van der Waals surface area contributed by atoms with Gasteiger partial charge in [-0.1, -0.05) is 34.7 Å². The number of hydrogen-bond acceptors (Lipinski definition) is 18. The molecule has 2 amide bonds. The van der Waals surface area contributed by atoms with E-state index < -0.39 is 16.5 Å². The van der Waals surface area contributed by atoms with Gasteiger partial charge in [0.1, 0.15) is 0 Å². The predicted octanol–water partition coefficient (Wildman–Crippen LogP) is 8.26. The van der Waals surface area contributed by atoms with E-state index in [4.69, 9.17) is 48.4 Å². The minimum atomic E-state index is -3.04. The number of rotatable bonds is 12. The van der Waals surface area contributed by atoms with Crippen LogP contribution in [0.3, 0.4) is 0 Å². The molecule has 12 rings (SSSR count). The van der Waals surface area contributed by atoms with Crippen LogP contribution in [0.15, 0.2) is 73.1 Å². The number of amides is 2. The van der Waals surface area contributed by atoms with Crippen LogP contribution >= 0.6 is 63.1 Å². The first-order chi connectivity index (χ1) is 35.0. The van der Waals surface area contributed by atoms with Gasteiger partial charge in [0.15, 0.2) is 23.0 Å². The Morgan fingerprint density at radius 2 is 0.986 bits per heavy atom. The van der Waals surface area contributed by atoms with E-state index in [0.717, 1.165) is 136 Å². The van der Waals surface area contributed by atoms with Crippen LogP contribution < -0.4 is 28.7 Å². The molecule has 8 heterocycles. The first-order valence-corrected chi connectivity index (χ1v) is 28.4. The lowest BCUT2D eigenvalue weighted by molar-refractivity contribution is -0.245. The summed E-state index contributed by atoms with van der Waals surface area (Å²) in [5.74, 6) is 4.72. The Labute approximate surface area is 459 Å². The number of halogens is 2. The summed E-state index contributed by atoms with van der Waals surface area (Å²) in [7, 11) is -6.09. The first kappa shape index (κ1) is 56.9. The number of ether oxygens (including phenoxy) is 4. The van der Waals surface area contributed by atoms with E-state index in [9.17, 15) is 9.59 Å². The van der Waals surface area contributed by atoms with Crippen LogP contribution in [0.25, 0.3) is 0 Å². The predicted molar refractivity (Wildman–Crippen MR) is 285 cm³/mol. The molecule has 24 heteroatoms. The second-order valence-electron chi connectivity index (χ2n) is 18.7. The summed E-state index contributed by atoms with van der Waals surface area (Å²) in [6.45, 7) is 8.53. The van der Waals surface area contributed by atoms with Crippen molar-refractivity contribution in [2.45, 2.75) is 88.4 Å². The molecule has 2 N–H and O–H groups in total. The van der Waals surface area contributed by atoms with E-state index >= 15 is 0 Å². The third kappa shape index (κ3) is 13.6. The molecule has 0 bridgehead atoms. The van der Waals surface area contributed by atoms with Crippen LogP contribution in [0.1, 0.15) is 110 Å². The SMILES string of the molecule is CI.I.O=C1c2cc3c(cc2C2(CC2)N1CCC1CCN(Cc2ccccn2)CC1)OCO3.O=C1c2cc3c(cc2C2(CC2)N1CCC1CCN(Cc2ccccn2)CC1)OCO3.O=[P+]([O-])OO.O=[P+]([O-])OO.[HH].[HH]. The maximum absolute atomic E-state index is 13.2. The summed E-state index contributed by atoms with van der Waals surface area (Å²) in [6, 6.07) is 20.2. The average Bonchev–Trinajstić information content (AvgIpc) is 4.25. The second kappa shape index (κ2) is 26.3. The molecule has 2 aromatic heterocycles. The fourth-order valence-electron chi connectivity index (χ4n) is 10.9. The summed E-state index contributed by atoms with van der Waals surface area (Å²) in [5, 5.41) is 14.1. The van der Waals surface area contributed by atoms with Gasteiger partial charge >= 0.3 is 16.5 Å². The van der Waals surface area contributed by atoms with Crippen LogP contribution in [-0.2, 0) is 42.6 Å². The van der Waals surface area contributed by atoms with Crippen LogP contribution in [0.4, 0.5) is 0 Å². The third-order valence-electron chi connectivity index (χ3n) is 14.8. The second-order valence-corrected chi connectivity index (χ2v) is 20.0. The number of nitrogens with zero attached hydrogens (tertiary/aromatic N) is 6. The third-order valence-corrected chi connectivity index (χ3v) is 15.0. The molecule has 2 aliphatic carbocycles. The fourth-order valence-corrected chi connectivity index (χ4v) is 10.9. The summed E-state index contributed by atoms with van der Waals surface area (Å²) < 4.78 is 45.4. The van der Waals surface area contributed by atoms with Crippen molar-refractivity contribution >= 4 is 74.9 Å². The zero-order valence-corrected chi connectivity index (χ0v) is 46.7.